The summed E-state index contributed by atoms with van der Waals surface area (Å²) in [6.07, 6.45) is -0.805. The molecule has 6 N–H and O–H groups in total. The SMILES string of the molecule is NC(=O)[C@H](CCC(=O)O)NC(=O)C(CCC(=O)O)NC(=O)CCc1ccc(-c2cc(-c3ccccc3)cs2)cc1. The fraction of sp³-hybridized carbons (Fsp3) is 0.276. The van der Waals surface area contributed by atoms with Crippen LogP contribution in [-0.4, -0.2) is 52.0 Å². The monoisotopic (exact) mass is 565 g/mol. The van der Waals surface area contributed by atoms with E-state index in [2.05, 4.69) is 34.2 Å². The van der Waals surface area contributed by atoms with Crippen molar-refractivity contribution in [2.24, 2.45) is 5.73 Å². The third-order valence-electron chi connectivity index (χ3n) is 6.19. The highest BCUT2D eigenvalue weighted by molar-refractivity contribution is 7.14. The molecular weight excluding hydrogens is 534 g/mol. The minimum atomic E-state index is -1.27. The Bertz CT molecular complexity index is 1340. The van der Waals surface area contributed by atoms with Crippen LogP contribution in [0.25, 0.3) is 21.6 Å². The highest BCUT2D eigenvalue weighted by Crippen LogP contribution is 2.32. The lowest BCUT2D eigenvalue weighted by atomic mass is 10.0. The minimum absolute atomic E-state index is 0.0472. The average Bonchev–Trinajstić information content (AvgIpc) is 3.43. The van der Waals surface area contributed by atoms with Crippen LogP contribution in [-0.2, 0) is 30.4 Å². The zero-order valence-corrected chi connectivity index (χ0v) is 22.5. The summed E-state index contributed by atoms with van der Waals surface area (Å²) < 4.78 is 0. The molecule has 0 radical (unpaired) electrons. The number of rotatable bonds is 15. The first-order valence-electron chi connectivity index (χ1n) is 12.7. The lowest BCUT2D eigenvalue weighted by Crippen LogP contribution is -2.53. The van der Waals surface area contributed by atoms with E-state index in [1.54, 1.807) is 11.3 Å². The number of thiophene rings is 1. The number of hydrogen-bond donors (Lipinski definition) is 5. The van der Waals surface area contributed by atoms with Crippen LogP contribution >= 0.6 is 11.3 Å². The van der Waals surface area contributed by atoms with Gasteiger partial charge in [-0.05, 0) is 53.0 Å². The van der Waals surface area contributed by atoms with Crippen molar-refractivity contribution in [3.8, 4) is 21.6 Å². The maximum atomic E-state index is 12.7. The van der Waals surface area contributed by atoms with Crippen LogP contribution < -0.4 is 16.4 Å². The molecule has 0 saturated carbocycles. The zero-order chi connectivity index (χ0) is 29.1. The van der Waals surface area contributed by atoms with Gasteiger partial charge in [0.15, 0.2) is 0 Å². The van der Waals surface area contributed by atoms with Gasteiger partial charge in [0, 0.05) is 24.1 Å². The van der Waals surface area contributed by atoms with Gasteiger partial charge in [0.05, 0.1) is 0 Å². The summed E-state index contributed by atoms with van der Waals surface area (Å²) >= 11 is 1.65. The summed E-state index contributed by atoms with van der Waals surface area (Å²) in [7, 11) is 0. The molecule has 11 heteroatoms. The molecule has 10 nitrogen and oxygen atoms in total. The van der Waals surface area contributed by atoms with Crippen molar-refractivity contribution in [1.82, 2.24) is 10.6 Å². The fourth-order valence-electron chi connectivity index (χ4n) is 3.99. The number of carbonyl (C=O) groups excluding carboxylic acids is 3. The van der Waals surface area contributed by atoms with E-state index in [0.29, 0.717) is 6.42 Å². The van der Waals surface area contributed by atoms with E-state index in [0.717, 1.165) is 27.1 Å². The van der Waals surface area contributed by atoms with Crippen molar-refractivity contribution in [1.29, 1.82) is 0 Å². The van der Waals surface area contributed by atoms with Gasteiger partial charge in [0.25, 0.3) is 0 Å². The Kier molecular flexibility index (Phi) is 11.0. The topological polar surface area (TPSA) is 176 Å². The largest absolute Gasteiger partial charge is 0.481 e. The van der Waals surface area contributed by atoms with Crippen molar-refractivity contribution >= 4 is 41.0 Å². The molecule has 0 aliphatic carbocycles. The molecule has 2 aromatic carbocycles. The molecular formula is C29H31N3O7S. The average molecular weight is 566 g/mol. The second-order valence-corrected chi connectivity index (χ2v) is 10.1. The second kappa shape index (κ2) is 14.6. The number of carboxylic acid groups (broad SMARTS) is 2. The first-order chi connectivity index (χ1) is 19.1. The highest BCUT2D eigenvalue weighted by Gasteiger charge is 2.26. The van der Waals surface area contributed by atoms with Crippen LogP contribution in [0, 0.1) is 0 Å². The summed E-state index contributed by atoms with van der Waals surface area (Å²) in [5, 5.41) is 24.8. The highest BCUT2D eigenvalue weighted by atomic mass is 32.1. The van der Waals surface area contributed by atoms with E-state index in [4.69, 9.17) is 15.9 Å². The van der Waals surface area contributed by atoms with Crippen molar-refractivity contribution in [2.75, 3.05) is 0 Å². The summed E-state index contributed by atoms with van der Waals surface area (Å²) in [5.74, 6) is -4.54. The fourth-order valence-corrected chi connectivity index (χ4v) is 4.92. The third kappa shape index (κ3) is 9.35. The van der Waals surface area contributed by atoms with Gasteiger partial charge in [-0.1, -0.05) is 54.6 Å². The van der Waals surface area contributed by atoms with Crippen LogP contribution in [0.15, 0.2) is 66.0 Å². The number of benzene rings is 2. The number of primary amides is 1. The molecule has 40 heavy (non-hydrogen) atoms. The Morgan fingerprint density at radius 3 is 1.98 bits per heavy atom. The Morgan fingerprint density at radius 1 is 0.750 bits per heavy atom. The standard InChI is InChI=1S/C29H31N3O7S/c30-28(38)22(11-14-26(34)35)32-29(39)23(12-15-27(36)37)31-25(33)13-8-18-6-9-20(10-7-18)24-16-21(17-40-24)19-4-2-1-3-5-19/h1-7,9-10,16-17,22-23H,8,11-15H2,(H2,30,38)(H,31,33)(H,32,39)(H,34,35)(H,36,37)/t22-,23?/m0/s1. The van der Waals surface area contributed by atoms with Gasteiger partial charge < -0.3 is 26.6 Å². The van der Waals surface area contributed by atoms with Gasteiger partial charge in [-0.3, -0.25) is 24.0 Å². The lowest BCUT2D eigenvalue weighted by molar-refractivity contribution is -0.139. The van der Waals surface area contributed by atoms with Gasteiger partial charge >= 0.3 is 11.9 Å². The van der Waals surface area contributed by atoms with E-state index >= 15 is 0 Å². The van der Waals surface area contributed by atoms with Gasteiger partial charge in [0.2, 0.25) is 17.7 Å². The lowest BCUT2D eigenvalue weighted by Gasteiger charge is -2.21. The van der Waals surface area contributed by atoms with Gasteiger partial charge in [-0.2, -0.15) is 0 Å². The van der Waals surface area contributed by atoms with E-state index in [1.165, 1.54) is 0 Å². The smallest absolute Gasteiger partial charge is 0.303 e. The second-order valence-electron chi connectivity index (χ2n) is 9.21. The summed E-state index contributed by atoms with van der Waals surface area (Å²) in [5.41, 5.74) is 9.51. The van der Waals surface area contributed by atoms with E-state index < -0.39 is 54.6 Å². The Hall–Kier alpha value is -4.51. The predicted octanol–water partition coefficient (Wildman–Crippen LogP) is 3.20. The van der Waals surface area contributed by atoms with E-state index in [1.807, 2.05) is 42.5 Å². The molecule has 0 fully saturated rings. The van der Waals surface area contributed by atoms with Crippen LogP contribution in [0.2, 0.25) is 0 Å². The third-order valence-corrected chi connectivity index (χ3v) is 7.17. The van der Waals surface area contributed by atoms with Crippen LogP contribution in [0.4, 0.5) is 0 Å². The predicted molar refractivity (Wildman–Crippen MR) is 150 cm³/mol. The Morgan fingerprint density at radius 2 is 1.38 bits per heavy atom. The zero-order valence-electron chi connectivity index (χ0n) is 21.7. The molecule has 1 heterocycles. The molecule has 3 rings (SSSR count). The number of nitrogens with one attached hydrogen (secondary N) is 2. The Balaban J connectivity index is 1.57. The van der Waals surface area contributed by atoms with Crippen molar-refractivity contribution in [3.63, 3.8) is 0 Å². The molecule has 3 aromatic rings. The van der Waals surface area contributed by atoms with E-state index in [9.17, 15) is 24.0 Å². The molecule has 3 amide bonds. The van der Waals surface area contributed by atoms with Crippen molar-refractivity contribution < 1.29 is 34.2 Å². The maximum Gasteiger partial charge on any atom is 0.303 e. The Labute approximate surface area is 235 Å². The molecule has 0 bridgehead atoms. The number of aryl methyl sites for hydroxylation is 1. The maximum absolute atomic E-state index is 12.7. The summed E-state index contributed by atoms with van der Waals surface area (Å²) in [6, 6.07) is 17.6. The molecule has 0 saturated heterocycles. The number of amides is 3. The first kappa shape index (κ1) is 30.0. The molecule has 0 aliphatic rings. The number of carboxylic acids is 2. The molecule has 2 atom stereocenters. The summed E-state index contributed by atoms with van der Waals surface area (Å²) in [4.78, 5) is 60.0. The van der Waals surface area contributed by atoms with Gasteiger partial charge in [-0.15, -0.1) is 11.3 Å². The number of nitrogens with two attached hydrogens (primary N) is 1. The molecule has 1 aromatic heterocycles. The molecule has 0 spiro atoms. The van der Waals surface area contributed by atoms with Crippen LogP contribution in [0.1, 0.15) is 37.7 Å². The molecule has 210 valence electrons. The quantitative estimate of drug-likeness (QED) is 0.188. The van der Waals surface area contributed by atoms with Gasteiger partial charge in [-0.25, -0.2) is 0 Å². The van der Waals surface area contributed by atoms with Crippen molar-refractivity contribution in [3.05, 3.63) is 71.6 Å². The summed E-state index contributed by atoms with van der Waals surface area (Å²) in [6.45, 7) is 0. The van der Waals surface area contributed by atoms with Gasteiger partial charge in [0.1, 0.15) is 12.1 Å². The van der Waals surface area contributed by atoms with E-state index in [-0.39, 0.29) is 19.3 Å². The molecule has 0 aliphatic heterocycles. The number of aliphatic carboxylic acids is 2. The minimum Gasteiger partial charge on any atom is -0.481 e. The van der Waals surface area contributed by atoms with Crippen LogP contribution in [0.5, 0.6) is 0 Å². The number of carbonyl (C=O) groups is 5. The molecule has 1 unspecified atom stereocenters. The first-order valence-corrected chi connectivity index (χ1v) is 13.6. The normalized spacial score (nSPS) is 12.2. The van der Waals surface area contributed by atoms with Crippen molar-refractivity contribution in [2.45, 2.75) is 50.6 Å². The van der Waals surface area contributed by atoms with Crippen LogP contribution in [0.3, 0.4) is 0 Å². The number of hydrogen-bond acceptors (Lipinski definition) is 6.